The normalized spacial score (nSPS) is 14.0. The maximum Gasteiger partial charge on any atom is 0.345 e. The van der Waals surface area contributed by atoms with Gasteiger partial charge in [-0.3, -0.25) is 0 Å². The highest BCUT2D eigenvalue weighted by atomic mass is 35.5. The predicted molar refractivity (Wildman–Crippen MR) is 151 cm³/mol. The SMILES string of the molecule is COc1cc(C2C(C#N)=C(N)Oc3cc(OC(=O)c4ccccc4Cl)ccc32)ccc1OCc1ccccc1Cl. The van der Waals surface area contributed by atoms with Crippen molar-refractivity contribution in [2.75, 3.05) is 7.11 Å². The molecule has 0 bridgehead atoms. The van der Waals surface area contributed by atoms with Crippen molar-refractivity contribution in [3.8, 4) is 29.1 Å². The summed E-state index contributed by atoms with van der Waals surface area (Å²) in [5, 5.41) is 10.8. The molecule has 1 aliphatic heterocycles. The fourth-order valence-corrected chi connectivity index (χ4v) is 4.79. The molecule has 0 radical (unpaired) electrons. The number of benzene rings is 4. The minimum Gasteiger partial charge on any atom is -0.493 e. The highest BCUT2D eigenvalue weighted by Gasteiger charge is 2.32. The molecule has 1 atom stereocenters. The highest BCUT2D eigenvalue weighted by Crippen LogP contribution is 2.45. The molecule has 7 nitrogen and oxygen atoms in total. The van der Waals surface area contributed by atoms with Gasteiger partial charge in [-0.15, -0.1) is 0 Å². The number of carbonyl (C=O) groups is 1. The van der Waals surface area contributed by atoms with E-state index in [1.165, 1.54) is 7.11 Å². The quantitative estimate of drug-likeness (QED) is 0.187. The van der Waals surface area contributed by atoms with Crippen LogP contribution in [0.15, 0.2) is 96.4 Å². The average molecular weight is 573 g/mol. The molecule has 0 aliphatic carbocycles. The third-order valence-electron chi connectivity index (χ3n) is 6.36. The molecule has 0 aromatic heterocycles. The Bertz CT molecular complexity index is 1680. The van der Waals surface area contributed by atoms with Gasteiger partial charge in [0.2, 0.25) is 5.88 Å². The molecule has 4 aromatic carbocycles. The van der Waals surface area contributed by atoms with Gasteiger partial charge in [-0.2, -0.15) is 5.26 Å². The number of fused-ring (bicyclic) bond motifs is 1. The fraction of sp³-hybridized carbons (Fsp3) is 0.0968. The summed E-state index contributed by atoms with van der Waals surface area (Å²) in [5.41, 5.74) is 8.86. The molecule has 4 aromatic rings. The number of hydrogen-bond donors (Lipinski definition) is 1. The van der Waals surface area contributed by atoms with Crippen LogP contribution in [0.5, 0.6) is 23.0 Å². The summed E-state index contributed by atoms with van der Waals surface area (Å²) in [5.74, 6) is 0.340. The van der Waals surface area contributed by atoms with Gasteiger partial charge in [0.15, 0.2) is 11.5 Å². The number of nitrogens with two attached hydrogens (primary N) is 1. The molecule has 0 amide bonds. The molecular weight excluding hydrogens is 551 g/mol. The summed E-state index contributed by atoms with van der Waals surface area (Å²) >= 11 is 12.4. The van der Waals surface area contributed by atoms with Crippen molar-refractivity contribution < 1.29 is 23.7 Å². The summed E-state index contributed by atoms with van der Waals surface area (Å²) in [4.78, 5) is 12.7. The van der Waals surface area contributed by atoms with Crippen LogP contribution in [-0.2, 0) is 6.61 Å². The molecule has 5 rings (SSSR count). The van der Waals surface area contributed by atoms with E-state index in [1.54, 1.807) is 60.7 Å². The number of rotatable bonds is 7. The summed E-state index contributed by atoms with van der Waals surface area (Å²) < 4.78 is 22.9. The second-order valence-electron chi connectivity index (χ2n) is 8.78. The van der Waals surface area contributed by atoms with Crippen LogP contribution in [0.2, 0.25) is 10.0 Å². The van der Waals surface area contributed by atoms with Gasteiger partial charge >= 0.3 is 5.97 Å². The van der Waals surface area contributed by atoms with E-state index in [2.05, 4.69) is 6.07 Å². The first kappa shape index (κ1) is 26.9. The zero-order valence-electron chi connectivity index (χ0n) is 21.2. The molecule has 0 spiro atoms. The predicted octanol–water partition coefficient (Wildman–Crippen LogP) is 7.02. The van der Waals surface area contributed by atoms with E-state index in [9.17, 15) is 10.1 Å². The smallest absolute Gasteiger partial charge is 0.345 e. The van der Waals surface area contributed by atoms with E-state index in [4.69, 9.17) is 47.9 Å². The molecule has 1 aliphatic rings. The second-order valence-corrected chi connectivity index (χ2v) is 9.60. The van der Waals surface area contributed by atoms with Crippen LogP contribution < -0.4 is 24.7 Å². The van der Waals surface area contributed by atoms with Crippen LogP contribution >= 0.6 is 23.2 Å². The number of carbonyl (C=O) groups excluding carboxylic acids is 1. The average Bonchev–Trinajstić information content (AvgIpc) is 2.96. The lowest BCUT2D eigenvalue weighted by molar-refractivity contribution is 0.0734. The van der Waals surface area contributed by atoms with Crippen molar-refractivity contribution in [1.29, 1.82) is 5.26 Å². The van der Waals surface area contributed by atoms with Crippen LogP contribution in [0, 0.1) is 11.3 Å². The third-order valence-corrected chi connectivity index (χ3v) is 7.06. The van der Waals surface area contributed by atoms with Gasteiger partial charge in [0.05, 0.1) is 23.6 Å². The minimum atomic E-state index is -0.615. The van der Waals surface area contributed by atoms with Gasteiger partial charge in [0.25, 0.3) is 0 Å². The maximum absolute atomic E-state index is 12.7. The van der Waals surface area contributed by atoms with Gasteiger partial charge in [-0.05, 0) is 42.0 Å². The number of allylic oxidation sites excluding steroid dienone is 1. The van der Waals surface area contributed by atoms with E-state index in [-0.39, 0.29) is 34.4 Å². The van der Waals surface area contributed by atoms with Crippen LogP contribution in [0.25, 0.3) is 0 Å². The zero-order chi connectivity index (χ0) is 28.2. The topological polar surface area (TPSA) is 104 Å². The molecule has 1 heterocycles. The van der Waals surface area contributed by atoms with E-state index in [0.29, 0.717) is 27.8 Å². The Morgan fingerprint density at radius 1 is 0.975 bits per heavy atom. The summed E-state index contributed by atoms with van der Waals surface area (Å²) in [7, 11) is 1.54. The molecule has 9 heteroatoms. The molecule has 0 saturated heterocycles. The molecular formula is C31H22Cl2N2O5. The molecule has 1 unspecified atom stereocenters. The first-order valence-electron chi connectivity index (χ1n) is 12.1. The molecule has 200 valence electrons. The van der Waals surface area contributed by atoms with Crippen molar-refractivity contribution in [3.05, 3.63) is 129 Å². The Balaban J connectivity index is 1.45. The van der Waals surface area contributed by atoms with Crippen molar-refractivity contribution >= 4 is 29.2 Å². The van der Waals surface area contributed by atoms with Gasteiger partial charge in [0.1, 0.15) is 29.7 Å². The number of ether oxygens (including phenoxy) is 4. The minimum absolute atomic E-state index is 0.0485. The van der Waals surface area contributed by atoms with Crippen LogP contribution in [0.3, 0.4) is 0 Å². The van der Waals surface area contributed by atoms with Crippen LogP contribution in [0.4, 0.5) is 0 Å². The Hall–Kier alpha value is -4.64. The van der Waals surface area contributed by atoms with E-state index in [0.717, 1.165) is 11.1 Å². The molecule has 0 fully saturated rings. The monoisotopic (exact) mass is 572 g/mol. The number of nitriles is 1. The number of nitrogens with zero attached hydrogens (tertiary/aromatic N) is 1. The van der Waals surface area contributed by atoms with Gasteiger partial charge < -0.3 is 24.7 Å². The van der Waals surface area contributed by atoms with E-state index < -0.39 is 11.9 Å². The van der Waals surface area contributed by atoms with E-state index in [1.807, 2.05) is 24.3 Å². The van der Waals surface area contributed by atoms with Gasteiger partial charge in [0, 0.05) is 22.2 Å². The largest absolute Gasteiger partial charge is 0.493 e. The van der Waals surface area contributed by atoms with Crippen LogP contribution in [0.1, 0.15) is 33.0 Å². The Labute approximate surface area is 240 Å². The zero-order valence-corrected chi connectivity index (χ0v) is 22.7. The Morgan fingerprint density at radius 3 is 2.45 bits per heavy atom. The summed E-state index contributed by atoms with van der Waals surface area (Å²) in [6.07, 6.45) is 0. The third kappa shape index (κ3) is 5.41. The van der Waals surface area contributed by atoms with Gasteiger partial charge in [-0.1, -0.05) is 65.7 Å². The second kappa shape index (κ2) is 11.6. The van der Waals surface area contributed by atoms with Crippen molar-refractivity contribution in [3.63, 3.8) is 0 Å². The van der Waals surface area contributed by atoms with Crippen LogP contribution in [-0.4, -0.2) is 13.1 Å². The number of methoxy groups -OCH3 is 1. The number of esters is 1. The van der Waals surface area contributed by atoms with Crippen molar-refractivity contribution in [2.45, 2.75) is 12.5 Å². The molecule has 0 saturated carbocycles. The lowest BCUT2D eigenvalue weighted by Gasteiger charge is -2.27. The van der Waals surface area contributed by atoms with Crippen molar-refractivity contribution in [1.82, 2.24) is 0 Å². The standard InChI is InChI=1S/C31H22Cl2N2O5/c1-37-28-14-18(10-13-26(28)38-17-19-6-2-4-8-24(19)32)29-22-12-11-20(15-27(22)40-30(35)23(29)16-34)39-31(36)21-7-3-5-9-25(21)33/h2-15,29H,17,35H2,1H3. The van der Waals surface area contributed by atoms with Gasteiger partial charge in [-0.25, -0.2) is 4.79 Å². The Kier molecular flexibility index (Phi) is 7.83. The first-order chi connectivity index (χ1) is 19.4. The number of hydrogen-bond acceptors (Lipinski definition) is 7. The molecule has 2 N–H and O–H groups in total. The number of halogens is 2. The van der Waals surface area contributed by atoms with Crippen molar-refractivity contribution in [2.24, 2.45) is 5.73 Å². The first-order valence-corrected chi connectivity index (χ1v) is 12.9. The summed E-state index contributed by atoms with van der Waals surface area (Å²) in [6.45, 7) is 0.251. The Morgan fingerprint density at radius 2 is 1.73 bits per heavy atom. The summed E-state index contributed by atoms with van der Waals surface area (Å²) in [6, 6.07) is 26.5. The lowest BCUT2D eigenvalue weighted by atomic mass is 9.83. The fourth-order valence-electron chi connectivity index (χ4n) is 4.38. The lowest BCUT2D eigenvalue weighted by Crippen LogP contribution is -2.21. The van der Waals surface area contributed by atoms with E-state index >= 15 is 0 Å². The molecule has 40 heavy (non-hydrogen) atoms. The maximum atomic E-state index is 12.7. The highest BCUT2D eigenvalue weighted by molar-refractivity contribution is 6.33.